The maximum Gasteiger partial charge on any atom is 0.241 e. The molecular formula is C11H16N2O. The van der Waals surface area contributed by atoms with Crippen molar-refractivity contribution in [3.8, 4) is 0 Å². The smallest absolute Gasteiger partial charge is 0.241 e. The third-order valence-electron chi connectivity index (χ3n) is 2.06. The molecule has 1 aromatic rings. The number of amides is 1. The van der Waals surface area contributed by atoms with Gasteiger partial charge in [0, 0.05) is 5.69 Å². The molecule has 3 nitrogen and oxygen atoms in total. The Morgan fingerprint density at radius 2 is 1.86 bits per heavy atom. The highest BCUT2D eigenvalue weighted by atomic mass is 16.2. The molecule has 3 N–H and O–H groups in total. The van der Waals surface area contributed by atoms with Crippen molar-refractivity contribution in [3.63, 3.8) is 0 Å². The number of carbonyl (C=O) groups excluding carboxylic acids is 1. The summed E-state index contributed by atoms with van der Waals surface area (Å²) in [5.41, 5.74) is 6.48. The first-order chi connectivity index (χ1) is 6.61. The van der Waals surface area contributed by atoms with Gasteiger partial charge in [0.1, 0.15) is 0 Å². The van der Waals surface area contributed by atoms with Crippen LogP contribution in [-0.2, 0) is 4.79 Å². The second kappa shape index (κ2) is 4.77. The Morgan fingerprint density at radius 3 is 2.36 bits per heavy atom. The van der Waals surface area contributed by atoms with E-state index in [4.69, 9.17) is 5.73 Å². The van der Waals surface area contributed by atoms with Crippen LogP contribution in [0, 0.1) is 5.92 Å². The molecule has 1 amide bonds. The van der Waals surface area contributed by atoms with E-state index in [0.717, 1.165) is 5.69 Å². The summed E-state index contributed by atoms with van der Waals surface area (Å²) in [5.74, 6) is 0.0184. The summed E-state index contributed by atoms with van der Waals surface area (Å²) in [5, 5.41) is 2.76. The number of benzene rings is 1. The largest absolute Gasteiger partial charge is 0.325 e. The molecule has 1 rings (SSSR count). The molecule has 0 aromatic heterocycles. The van der Waals surface area contributed by atoms with E-state index < -0.39 is 6.04 Å². The maximum absolute atomic E-state index is 11.5. The Morgan fingerprint density at radius 1 is 1.29 bits per heavy atom. The van der Waals surface area contributed by atoms with Crippen LogP contribution in [0.25, 0.3) is 0 Å². The number of hydrogen-bond acceptors (Lipinski definition) is 2. The van der Waals surface area contributed by atoms with E-state index in [2.05, 4.69) is 5.32 Å². The fourth-order valence-corrected chi connectivity index (χ4v) is 1.05. The molecule has 76 valence electrons. The van der Waals surface area contributed by atoms with Crippen LogP contribution in [0.15, 0.2) is 30.3 Å². The van der Waals surface area contributed by atoms with Crippen LogP contribution >= 0.6 is 0 Å². The minimum absolute atomic E-state index is 0.133. The van der Waals surface area contributed by atoms with Crippen LogP contribution < -0.4 is 11.1 Å². The van der Waals surface area contributed by atoms with Crippen molar-refractivity contribution in [2.24, 2.45) is 11.7 Å². The molecule has 0 saturated heterocycles. The Balaban J connectivity index is 2.58. The molecule has 1 aromatic carbocycles. The summed E-state index contributed by atoms with van der Waals surface area (Å²) in [6, 6.07) is 8.87. The highest BCUT2D eigenvalue weighted by Crippen LogP contribution is 2.07. The minimum Gasteiger partial charge on any atom is -0.325 e. The molecule has 0 bridgehead atoms. The molecule has 3 heteroatoms. The van der Waals surface area contributed by atoms with E-state index in [0.29, 0.717) is 0 Å². The third kappa shape index (κ3) is 2.85. The van der Waals surface area contributed by atoms with Crippen LogP contribution in [0.5, 0.6) is 0 Å². The number of carbonyl (C=O) groups is 1. The average Bonchev–Trinajstić information content (AvgIpc) is 2.18. The number of para-hydroxylation sites is 1. The van der Waals surface area contributed by atoms with Gasteiger partial charge in [-0.1, -0.05) is 32.0 Å². The highest BCUT2D eigenvalue weighted by Gasteiger charge is 2.16. The van der Waals surface area contributed by atoms with Crippen molar-refractivity contribution in [1.82, 2.24) is 0 Å². The van der Waals surface area contributed by atoms with Crippen LogP contribution in [-0.4, -0.2) is 11.9 Å². The van der Waals surface area contributed by atoms with Gasteiger partial charge in [-0.25, -0.2) is 0 Å². The summed E-state index contributed by atoms with van der Waals surface area (Å²) in [6.07, 6.45) is 0. The lowest BCUT2D eigenvalue weighted by Gasteiger charge is -2.15. The van der Waals surface area contributed by atoms with Crippen LogP contribution in [0.2, 0.25) is 0 Å². The number of hydrogen-bond donors (Lipinski definition) is 2. The van der Waals surface area contributed by atoms with E-state index in [1.165, 1.54) is 0 Å². The van der Waals surface area contributed by atoms with Crippen LogP contribution in [0.4, 0.5) is 5.69 Å². The molecule has 0 unspecified atom stereocenters. The van der Waals surface area contributed by atoms with E-state index in [1.807, 2.05) is 44.2 Å². The zero-order valence-corrected chi connectivity index (χ0v) is 8.53. The zero-order valence-electron chi connectivity index (χ0n) is 8.53. The molecule has 0 fully saturated rings. The number of nitrogens with one attached hydrogen (secondary N) is 1. The summed E-state index contributed by atoms with van der Waals surface area (Å²) >= 11 is 0. The van der Waals surface area contributed by atoms with Gasteiger partial charge in [-0.15, -0.1) is 0 Å². The first-order valence-electron chi connectivity index (χ1n) is 4.72. The lowest BCUT2D eigenvalue weighted by Crippen LogP contribution is -2.39. The van der Waals surface area contributed by atoms with Crippen molar-refractivity contribution in [1.29, 1.82) is 0 Å². The average molecular weight is 192 g/mol. The lowest BCUT2D eigenvalue weighted by atomic mass is 10.1. The standard InChI is InChI=1S/C11H16N2O/c1-8(2)10(12)11(14)13-9-6-4-3-5-7-9/h3-8,10H,12H2,1-2H3,(H,13,14)/t10-/m1/s1. The molecule has 0 aliphatic rings. The fraction of sp³-hybridized carbons (Fsp3) is 0.364. The normalized spacial score (nSPS) is 12.6. The molecule has 14 heavy (non-hydrogen) atoms. The fourth-order valence-electron chi connectivity index (χ4n) is 1.05. The molecule has 0 aliphatic carbocycles. The molecule has 0 radical (unpaired) electrons. The number of rotatable bonds is 3. The van der Waals surface area contributed by atoms with Crippen molar-refractivity contribution < 1.29 is 4.79 Å². The summed E-state index contributed by atoms with van der Waals surface area (Å²) in [7, 11) is 0. The van der Waals surface area contributed by atoms with Gasteiger partial charge >= 0.3 is 0 Å². The molecular weight excluding hydrogens is 176 g/mol. The predicted molar refractivity (Wildman–Crippen MR) is 57.9 cm³/mol. The second-order valence-corrected chi connectivity index (χ2v) is 3.63. The van der Waals surface area contributed by atoms with Crippen LogP contribution in [0.3, 0.4) is 0 Å². The number of anilines is 1. The van der Waals surface area contributed by atoms with E-state index >= 15 is 0 Å². The van der Waals surface area contributed by atoms with Crippen molar-refractivity contribution in [3.05, 3.63) is 30.3 Å². The Kier molecular flexibility index (Phi) is 3.65. The Hall–Kier alpha value is -1.35. The molecule has 0 spiro atoms. The highest BCUT2D eigenvalue weighted by molar-refractivity contribution is 5.94. The van der Waals surface area contributed by atoms with Crippen molar-refractivity contribution in [2.45, 2.75) is 19.9 Å². The van der Waals surface area contributed by atoms with Gasteiger partial charge < -0.3 is 11.1 Å². The summed E-state index contributed by atoms with van der Waals surface area (Å²) in [4.78, 5) is 11.5. The van der Waals surface area contributed by atoms with Crippen molar-refractivity contribution >= 4 is 11.6 Å². The maximum atomic E-state index is 11.5. The SMILES string of the molecule is CC(C)[C@@H](N)C(=O)Nc1ccccc1. The van der Waals surface area contributed by atoms with Gasteiger partial charge in [-0.05, 0) is 18.1 Å². The second-order valence-electron chi connectivity index (χ2n) is 3.63. The Labute approximate surface area is 84.3 Å². The monoisotopic (exact) mass is 192 g/mol. The van der Waals surface area contributed by atoms with E-state index in [9.17, 15) is 4.79 Å². The van der Waals surface area contributed by atoms with Crippen molar-refractivity contribution in [2.75, 3.05) is 5.32 Å². The van der Waals surface area contributed by atoms with Gasteiger partial charge in [-0.3, -0.25) is 4.79 Å². The van der Waals surface area contributed by atoms with Crippen LogP contribution in [0.1, 0.15) is 13.8 Å². The molecule has 0 aliphatic heterocycles. The van der Waals surface area contributed by atoms with Gasteiger partial charge in [0.05, 0.1) is 6.04 Å². The summed E-state index contributed by atoms with van der Waals surface area (Å²) < 4.78 is 0. The molecule has 0 saturated carbocycles. The lowest BCUT2D eigenvalue weighted by molar-refractivity contribution is -0.118. The first kappa shape index (κ1) is 10.7. The van der Waals surface area contributed by atoms with Gasteiger partial charge in [-0.2, -0.15) is 0 Å². The van der Waals surface area contributed by atoms with Gasteiger partial charge in [0.15, 0.2) is 0 Å². The van der Waals surface area contributed by atoms with E-state index in [-0.39, 0.29) is 11.8 Å². The van der Waals surface area contributed by atoms with E-state index in [1.54, 1.807) is 0 Å². The third-order valence-corrected chi connectivity index (χ3v) is 2.06. The molecule has 1 atom stereocenters. The predicted octanol–water partition coefficient (Wildman–Crippen LogP) is 1.61. The minimum atomic E-state index is -0.449. The quantitative estimate of drug-likeness (QED) is 0.764. The topological polar surface area (TPSA) is 55.1 Å². The van der Waals surface area contributed by atoms with Gasteiger partial charge in [0.2, 0.25) is 5.91 Å². The summed E-state index contributed by atoms with van der Waals surface area (Å²) in [6.45, 7) is 3.85. The first-order valence-corrected chi connectivity index (χ1v) is 4.72. The number of nitrogens with two attached hydrogens (primary N) is 1. The van der Waals surface area contributed by atoms with Gasteiger partial charge in [0.25, 0.3) is 0 Å². The molecule has 0 heterocycles. The zero-order chi connectivity index (χ0) is 10.6. The Bertz CT molecular complexity index is 295.